The molecule has 1 aliphatic rings. The minimum absolute atomic E-state index is 0.212. The van der Waals surface area contributed by atoms with Crippen LogP contribution < -0.4 is 19.6 Å². The first-order chi connectivity index (χ1) is 20.8. The Labute approximate surface area is 261 Å². The Bertz CT molecular complexity index is 2080. The van der Waals surface area contributed by atoms with Crippen LogP contribution >= 0.6 is 27.3 Å². The molecule has 8 heteroatoms. The predicted octanol–water partition coefficient (Wildman–Crippen LogP) is 6.60. The highest BCUT2D eigenvalue weighted by Crippen LogP contribution is 2.31. The van der Waals surface area contributed by atoms with Crippen LogP contribution in [0.1, 0.15) is 42.1 Å². The highest BCUT2D eigenvalue weighted by molar-refractivity contribution is 9.10. The Morgan fingerprint density at radius 2 is 1.77 bits per heavy atom. The maximum atomic E-state index is 13.9. The first kappa shape index (κ1) is 28.8. The maximum absolute atomic E-state index is 13.9. The summed E-state index contributed by atoms with van der Waals surface area (Å²) in [6, 6.07) is 27.5. The van der Waals surface area contributed by atoms with Crippen molar-refractivity contribution in [2.24, 2.45) is 4.99 Å². The number of fused-ring (bicyclic) bond motifs is 2. The van der Waals surface area contributed by atoms with Gasteiger partial charge in [0.2, 0.25) is 0 Å². The molecule has 0 aliphatic carbocycles. The van der Waals surface area contributed by atoms with Gasteiger partial charge in [0.1, 0.15) is 12.4 Å². The summed E-state index contributed by atoms with van der Waals surface area (Å²) in [6.45, 7) is 6.22. The number of hydrogen-bond donors (Lipinski definition) is 0. The number of aryl methyl sites for hydroxylation is 1. The Kier molecular flexibility index (Phi) is 8.15. The van der Waals surface area contributed by atoms with Crippen LogP contribution in [-0.4, -0.2) is 17.1 Å². The summed E-state index contributed by atoms with van der Waals surface area (Å²) < 4.78 is 14.4. The van der Waals surface area contributed by atoms with Crippen molar-refractivity contribution >= 4 is 50.1 Å². The van der Waals surface area contributed by atoms with Crippen molar-refractivity contribution in [1.82, 2.24) is 4.57 Å². The molecule has 0 fully saturated rings. The van der Waals surface area contributed by atoms with E-state index in [0.29, 0.717) is 33.0 Å². The quantitative estimate of drug-likeness (QED) is 0.186. The van der Waals surface area contributed by atoms with Gasteiger partial charge in [-0.2, -0.15) is 0 Å². The second-order valence-corrected chi connectivity index (χ2v) is 12.2. The molecule has 0 saturated heterocycles. The lowest BCUT2D eigenvalue weighted by molar-refractivity contribution is -0.139. The molecule has 1 aliphatic heterocycles. The van der Waals surface area contributed by atoms with E-state index in [1.165, 1.54) is 22.1 Å². The SMILES string of the molecule is CCOC(=O)C1=C(C)N=c2s/c(=C/c3ccc(OCc4ccc5ccccc5c4)c(Br)c3)c(=O)n2[C@H]1c1ccc(C)cc1. The number of aromatic nitrogens is 1. The van der Waals surface area contributed by atoms with E-state index in [0.717, 1.165) is 26.7 Å². The standard InChI is InChI=1S/C35H29BrN2O4S/c1-4-41-34(40)31-22(3)37-35-38(32(31)26-13-9-21(2)10-14-26)33(39)30(43-35)19-23-12-16-29(28(36)18-23)42-20-24-11-15-25-7-5-6-8-27(25)17-24/h5-19,32H,4,20H2,1-3H3/b30-19+/t32-/m0/s1. The summed E-state index contributed by atoms with van der Waals surface area (Å²) in [6.07, 6.45) is 1.84. The molecule has 4 aromatic carbocycles. The fourth-order valence-corrected chi connectivity index (χ4v) is 6.78. The molecular formula is C35H29BrN2O4S. The molecule has 0 radical (unpaired) electrons. The van der Waals surface area contributed by atoms with Crippen LogP contribution in [0.5, 0.6) is 5.75 Å². The highest BCUT2D eigenvalue weighted by atomic mass is 79.9. The lowest BCUT2D eigenvalue weighted by atomic mass is 9.95. The second kappa shape index (κ2) is 12.1. The summed E-state index contributed by atoms with van der Waals surface area (Å²) >= 11 is 4.94. The van der Waals surface area contributed by atoms with Gasteiger partial charge in [-0.3, -0.25) is 9.36 Å². The van der Waals surface area contributed by atoms with E-state index < -0.39 is 12.0 Å². The lowest BCUT2D eigenvalue weighted by Crippen LogP contribution is -2.39. The van der Waals surface area contributed by atoms with E-state index in [-0.39, 0.29) is 12.2 Å². The zero-order valence-electron chi connectivity index (χ0n) is 24.0. The molecule has 6 rings (SSSR count). The Hall–Kier alpha value is -4.27. The third-order valence-corrected chi connectivity index (χ3v) is 8.97. The molecule has 1 aromatic heterocycles. The normalized spacial score (nSPS) is 14.9. The van der Waals surface area contributed by atoms with Crippen LogP contribution in [0.2, 0.25) is 0 Å². The topological polar surface area (TPSA) is 69.9 Å². The maximum Gasteiger partial charge on any atom is 0.338 e. The summed E-state index contributed by atoms with van der Waals surface area (Å²) in [5.41, 5.74) is 4.54. The monoisotopic (exact) mass is 652 g/mol. The van der Waals surface area contributed by atoms with Gasteiger partial charge in [0.15, 0.2) is 4.80 Å². The number of nitrogens with zero attached hydrogens (tertiary/aromatic N) is 2. The molecule has 43 heavy (non-hydrogen) atoms. The van der Waals surface area contributed by atoms with E-state index in [4.69, 9.17) is 9.47 Å². The van der Waals surface area contributed by atoms with Gasteiger partial charge < -0.3 is 9.47 Å². The van der Waals surface area contributed by atoms with Gasteiger partial charge in [-0.15, -0.1) is 0 Å². The van der Waals surface area contributed by atoms with Crippen molar-refractivity contribution in [1.29, 1.82) is 0 Å². The smallest absolute Gasteiger partial charge is 0.338 e. The Balaban J connectivity index is 1.32. The third-order valence-electron chi connectivity index (χ3n) is 7.37. The molecule has 2 heterocycles. The number of hydrogen-bond acceptors (Lipinski definition) is 6. The number of benzene rings is 4. The number of carbonyl (C=O) groups excluding carboxylic acids is 1. The largest absolute Gasteiger partial charge is 0.488 e. The van der Waals surface area contributed by atoms with Gasteiger partial charge in [0, 0.05) is 0 Å². The molecule has 0 N–H and O–H groups in total. The van der Waals surface area contributed by atoms with E-state index in [1.807, 2.05) is 67.6 Å². The molecule has 0 amide bonds. The van der Waals surface area contributed by atoms with Crippen molar-refractivity contribution in [3.63, 3.8) is 0 Å². The van der Waals surface area contributed by atoms with E-state index >= 15 is 0 Å². The number of thiazole rings is 1. The summed E-state index contributed by atoms with van der Waals surface area (Å²) in [5, 5.41) is 2.37. The molecule has 0 unspecified atom stereocenters. The third kappa shape index (κ3) is 5.85. The molecule has 1 atom stereocenters. The predicted molar refractivity (Wildman–Crippen MR) is 174 cm³/mol. The molecule has 216 valence electrons. The fourth-order valence-electron chi connectivity index (χ4n) is 5.22. The van der Waals surface area contributed by atoms with Crippen LogP contribution in [0.3, 0.4) is 0 Å². The number of rotatable bonds is 7. The van der Waals surface area contributed by atoms with Crippen molar-refractivity contribution < 1.29 is 14.3 Å². The minimum atomic E-state index is -0.629. The van der Waals surface area contributed by atoms with Gasteiger partial charge in [0.05, 0.1) is 32.9 Å². The van der Waals surface area contributed by atoms with Crippen LogP contribution in [0.15, 0.2) is 110 Å². The molecule has 5 aromatic rings. The first-order valence-corrected chi connectivity index (χ1v) is 15.6. The van der Waals surface area contributed by atoms with Crippen LogP contribution in [0, 0.1) is 6.92 Å². The number of allylic oxidation sites excluding steroid dienone is 1. The van der Waals surface area contributed by atoms with Crippen molar-refractivity contribution in [3.05, 3.63) is 143 Å². The van der Waals surface area contributed by atoms with Crippen molar-refractivity contribution in [2.75, 3.05) is 6.61 Å². The average Bonchev–Trinajstić information content (AvgIpc) is 3.30. The fraction of sp³-hybridized carbons (Fsp3) is 0.171. The molecular weight excluding hydrogens is 624 g/mol. The highest BCUT2D eigenvalue weighted by Gasteiger charge is 2.33. The minimum Gasteiger partial charge on any atom is -0.488 e. The number of esters is 1. The summed E-state index contributed by atoms with van der Waals surface area (Å²) in [4.78, 5) is 32.2. The zero-order chi connectivity index (χ0) is 30.1. The van der Waals surface area contributed by atoms with Gasteiger partial charge >= 0.3 is 5.97 Å². The molecule has 0 bridgehead atoms. The summed E-state index contributed by atoms with van der Waals surface area (Å²) in [7, 11) is 0. The molecule has 0 spiro atoms. The van der Waals surface area contributed by atoms with Crippen LogP contribution in [0.25, 0.3) is 16.8 Å². The van der Waals surface area contributed by atoms with Crippen LogP contribution in [0.4, 0.5) is 0 Å². The van der Waals surface area contributed by atoms with Crippen molar-refractivity contribution in [3.8, 4) is 5.75 Å². The average molecular weight is 654 g/mol. The zero-order valence-corrected chi connectivity index (χ0v) is 26.4. The van der Waals surface area contributed by atoms with Gasteiger partial charge in [-0.05, 0) is 88.4 Å². The van der Waals surface area contributed by atoms with E-state index in [1.54, 1.807) is 18.4 Å². The molecule has 0 saturated carbocycles. The van der Waals surface area contributed by atoms with Gasteiger partial charge in [-0.1, -0.05) is 83.6 Å². The van der Waals surface area contributed by atoms with Crippen molar-refractivity contribution in [2.45, 2.75) is 33.4 Å². The van der Waals surface area contributed by atoms with Gasteiger partial charge in [0.25, 0.3) is 5.56 Å². The Morgan fingerprint density at radius 1 is 1.00 bits per heavy atom. The number of carbonyl (C=O) groups is 1. The van der Waals surface area contributed by atoms with E-state index in [2.05, 4.69) is 51.3 Å². The van der Waals surface area contributed by atoms with Gasteiger partial charge in [-0.25, -0.2) is 9.79 Å². The van der Waals surface area contributed by atoms with Crippen LogP contribution in [-0.2, 0) is 16.1 Å². The molecule has 6 nitrogen and oxygen atoms in total. The lowest BCUT2D eigenvalue weighted by Gasteiger charge is -2.24. The number of halogens is 1. The summed E-state index contributed by atoms with van der Waals surface area (Å²) in [5.74, 6) is 0.243. The van der Waals surface area contributed by atoms with E-state index in [9.17, 15) is 9.59 Å². The second-order valence-electron chi connectivity index (χ2n) is 10.4. The first-order valence-electron chi connectivity index (χ1n) is 14.0. The Morgan fingerprint density at radius 3 is 2.51 bits per heavy atom. The number of ether oxygens (including phenoxy) is 2.